The van der Waals surface area contributed by atoms with E-state index in [1.165, 1.54) is 12.1 Å². The molecule has 1 unspecified atom stereocenters. The molecule has 4 rings (SSSR count). The summed E-state index contributed by atoms with van der Waals surface area (Å²) in [7, 11) is 0. The Labute approximate surface area is 159 Å². The second kappa shape index (κ2) is 6.92. The number of nitrogens with one attached hydrogen (secondary N) is 2. The number of aryl methyl sites for hydroxylation is 1. The maximum atomic E-state index is 13.4. The minimum absolute atomic E-state index is 0.0233. The summed E-state index contributed by atoms with van der Waals surface area (Å²) in [5.41, 5.74) is 3.34. The van der Waals surface area contributed by atoms with Gasteiger partial charge in [0.25, 0.3) is 0 Å². The lowest BCUT2D eigenvalue weighted by Gasteiger charge is -2.25. The highest BCUT2D eigenvalue weighted by atomic mass is 32.1. The first-order chi connectivity index (χ1) is 13.0. The van der Waals surface area contributed by atoms with Gasteiger partial charge in [-0.3, -0.25) is 9.59 Å². The zero-order valence-electron chi connectivity index (χ0n) is 14.5. The van der Waals surface area contributed by atoms with E-state index in [2.05, 4.69) is 15.6 Å². The molecule has 1 aromatic heterocycles. The normalized spacial score (nSPS) is 15.8. The predicted molar refractivity (Wildman–Crippen MR) is 103 cm³/mol. The molecule has 7 heteroatoms. The topological polar surface area (TPSA) is 71.1 Å². The van der Waals surface area contributed by atoms with Crippen molar-refractivity contribution in [1.82, 2.24) is 4.98 Å². The maximum Gasteiger partial charge on any atom is 0.232 e. The molecule has 1 aliphatic heterocycles. The minimum Gasteiger partial charge on any atom is -0.326 e. The van der Waals surface area contributed by atoms with Crippen LogP contribution in [0.15, 0.2) is 47.8 Å². The van der Waals surface area contributed by atoms with Crippen LogP contribution < -0.4 is 10.6 Å². The molecule has 0 fully saturated rings. The molecule has 0 bridgehead atoms. The molecule has 27 heavy (non-hydrogen) atoms. The summed E-state index contributed by atoms with van der Waals surface area (Å²) in [6.07, 6.45) is 0.0233. The first-order valence-corrected chi connectivity index (χ1v) is 9.30. The van der Waals surface area contributed by atoms with Crippen LogP contribution in [0.1, 0.15) is 22.9 Å². The summed E-state index contributed by atoms with van der Waals surface area (Å²) in [4.78, 5) is 29.2. The highest BCUT2D eigenvalue weighted by molar-refractivity contribution is 7.09. The third-order valence-corrected chi connectivity index (χ3v) is 5.19. The van der Waals surface area contributed by atoms with E-state index in [1.54, 1.807) is 23.5 Å². The highest BCUT2D eigenvalue weighted by Gasteiger charge is 2.31. The van der Waals surface area contributed by atoms with Crippen LogP contribution in [0.25, 0.3) is 11.3 Å². The van der Waals surface area contributed by atoms with Crippen LogP contribution in [0.2, 0.25) is 0 Å². The van der Waals surface area contributed by atoms with Gasteiger partial charge in [0.1, 0.15) is 5.82 Å². The Morgan fingerprint density at radius 2 is 2.15 bits per heavy atom. The number of nitrogens with zero attached hydrogens (tertiary/aromatic N) is 1. The standard InChI is InChI=1S/C20H16FN3O2S/c1-11-22-18(10-27-11)12-3-2-4-14(7-12)23-20(26)16-9-19(25)24-17-8-13(21)5-6-15(16)17/h2-8,10,16H,9H2,1H3,(H,23,26)(H,24,25). The van der Waals surface area contributed by atoms with Crippen molar-refractivity contribution in [2.45, 2.75) is 19.3 Å². The number of halogens is 1. The number of anilines is 2. The fraction of sp³-hybridized carbons (Fsp3) is 0.150. The van der Waals surface area contributed by atoms with Crippen molar-refractivity contribution >= 4 is 34.5 Å². The molecule has 136 valence electrons. The summed E-state index contributed by atoms with van der Waals surface area (Å²) in [6, 6.07) is 11.5. The minimum atomic E-state index is -0.667. The fourth-order valence-corrected chi connectivity index (χ4v) is 3.77. The molecule has 2 heterocycles. The number of aromatic nitrogens is 1. The molecule has 2 aromatic carbocycles. The molecular weight excluding hydrogens is 365 g/mol. The number of hydrogen-bond donors (Lipinski definition) is 2. The van der Waals surface area contributed by atoms with Crippen molar-refractivity contribution in [3.05, 3.63) is 64.2 Å². The summed E-state index contributed by atoms with van der Waals surface area (Å²) >= 11 is 1.56. The summed E-state index contributed by atoms with van der Waals surface area (Å²) in [6.45, 7) is 1.94. The Balaban J connectivity index is 1.59. The second-order valence-electron chi connectivity index (χ2n) is 6.36. The van der Waals surface area contributed by atoms with Gasteiger partial charge in [-0.05, 0) is 36.8 Å². The van der Waals surface area contributed by atoms with E-state index >= 15 is 0 Å². The predicted octanol–water partition coefficient (Wildman–Crippen LogP) is 4.32. The van der Waals surface area contributed by atoms with E-state index in [-0.39, 0.29) is 18.2 Å². The Bertz CT molecular complexity index is 1050. The van der Waals surface area contributed by atoms with Gasteiger partial charge >= 0.3 is 0 Å². The van der Waals surface area contributed by atoms with E-state index in [4.69, 9.17) is 0 Å². The van der Waals surface area contributed by atoms with Gasteiger partial charge in [0.2, 0.25) is 11.8 Å². The van der Waals surface area contributed by atoms with Crippen LogP contribution in [-0.4, -0.2) is 16.8 Å². The van der Waals surface area contributed by atoms with E-state index in [9.17, 15) is 14.0 Å². The first-order valence-electron chi connectivity index (χ1n) is 8.42. The average Bonchev–Trinajstić information content (AvgIpc) is 3.07. The van der Waals surface area contributed by atoms with Gasteiger partial charge in [0.15, 0.2) is 0 Å². The van der Waals surface area contributed by atoms with Crippen LogP contribution in [0.3, 0.4) is 0 Å². The lowest BCUT2D eigenvalue weighted by Crippen LogP contribution is -2.30. The van der Waals surface area contributed by atoms with Crippen molar-refractivity contribution in [2.75, 3.05) is 10.6 Å². The zero-order chi connectivity index (χ0) is 19.0. The van der Waals surface area contributed by atoms with Gasteiger partial charge in [-0.15, -0.1) is 11.3 Å². The highest BCUT2D eigenvalue weighted by Crippen LogP contribution is 2.34. The largest absolute Gasteiger partial charge is 0.326 e. The molecule has 0 aliphatic carbocycles. The molecule has 1 aliphatic rings. The maximum absolute atomic E-state index is 13.4. The summed E-state index contributed by atoms with van der Waals surface area (Å²) in [5, 5.41) is 8.42. The number of carbonyl (C=O) groups is 2. The van der Waals surface area contributed by atoms with Crippen molar-refractivity contribution in [2.24, 2.45) is 0 Å². The molecule has 1 atom stereocenters. The van der Waals surface area contributed by atoms with Gasteiger partial charge in [0.05, 0.1) is 16.6 Å². The van der Waals surface area contributed by atoms with Crippen LogP contribution in [-0.2, 0) is 9.59 Å². The van der Waals surface area contributed by atoms with Gasteiger partial charge in [-0.25, -0.2) is 9.37 Å². The third kappa shape index (κ3) is 3.59. The smallest absolute Gasteiger partial charge is 0.232 e. The van der Waals surface area contributed by atoms with Gasteiger partial charge in [-0.1, -0.05) is 18.2 Å². The number of amides is 2. The lowest BCUT2D eigenvalue weighted by atomic mass is 9.89. The number of hydrogen-bond acceptors (Lipinski definition) is 4. The zero-order valence-corrected chi connectivity index (χ0v) is 15.3. The molecule has 5 nitrogen and oxygen atoms in total. The molecular formula is C20H16FN3O2S. The number of rotatable bonds is 3. The van der Waals surface area contributed by atoms with Crippen molar-refractivity contribution in [3.8, 4) is 11.3 Å². The number of fused-ring (bicyclic) bond motifs is 1. The van der Waals surface area contributed by atoms with Crippen LogP contribution in [0.4, 0.5) is 15.8 Å². The van der Waals surface area contributed by atoms with Crippen LogP contribution in [0, 0.1) is 12.7 Å². The quantitative estimate of drug-likeness (QED) is 0.710. The van der Waals surface area contributed by atoms with Crippen LogP contribution >= 0.6 is 11.3 Å². The van der Waals surface area contributed by atoms with E-state index in [0.29, 0.717) is 16.9 Å². The Hall–Kier alpha value is -3.06. The van der Waals surface area contributed by atoms with Gasteiger partial charge in [-0.2, -0.15) is 0 Å². The Morgan fingerprint density at radius 3 is 2.93 bits per heavy atom. The first kappa shape index (κ1) is 17.4. The summed E-state index contributed by atoms with van der Waals surface area (Å²) < 4.78 is 13.4. The summed E-state index contributed by atoms with van der Waals surface area (Å²) in [5.74, 6) is -1.73. The van der Waals surface area contributed by atoms with Crippen LogP contribution in [0.5, 0.6) is 0 Å². The molecule has 3 aromatic rings. The molecule has 2 N–H and O–H groups in total. The number of carbonyl (C=O) groups excluding carboxylic acids is 2. The van der Waals surface area contributed by atoms with Crippen molar-refractivity contribution in [1.29, 1.82) is 0 Å². The van der Waals surface area contributed by atoms with E-state index in [1.807, 2.05) is 30.5 Å². The lowest BCUT2D eigenvalue weighted by molar-refractivity contribution is -0.123. The number of benzene rings is 2. The third-order valence-electron chi connectivity index (χ3n) is 4.42. The monoisotopic (exact) mass is 381 g/mol. The average molecular weight is 381 g/mol. The molecule has 2 amide bonds. The van der Waals surface area contributed by atoms with E-state index in [0.717, 1.165) is 16.3 Å². The SMILES string of the molecule is Cc1nc(-c2cccc(NC(=O)C3CC(=O)Nc4cc(F)ccc43)c2)cs1. The Morgan fingerprint density at radius 1 is 1.30 bits per heavy atom. The van der Waals surface area contributed by atoms with Crippen molar-refractivity contribution < 1.29 is 14.0 Å². The number of thiazole rings is 1. The van der Waals surface area contributed by atoms with Gasteiger partial charge in [0, 0.05) is 28.7 Å². The molecule has 0 spiro atoms. The molecule has 0 radical (unpaired) electrons. The molecule has 0 saturated carbocycles. The van der Waals surface area contributed by atoms with E-state index < -0.39 is 11.7 Å². The molecule has 0 saturated heterocycles. The van der Waals surface area contributed by atoms with Gasteiger partial charge < -0.3 is 10.6 Å². The van der Waals surface area contributed by atoms with Crippen molar-refractivity contribution in [3.63, 3.8) is 0 Å². The Kier molecular flexibility index (Phi) is 4.45. The second-order valence-corrected chi connectivity index (χ2v) is 7.42. The fourth-order valence-electron chi connectivity index (χ4n) is 3.15.